The number of hydrogen-bond donors (Lipinski definition) is 1. The fourth-order valence-corrected chi connectivity index (χ4v) is 2.36. The molecule has 1 aromatic rings. The summed E-state index contributed by atoms with van der Waals surface area (Å²) in [6, 6.07) is 5.41. The highest BCUT2D eigenvalue weighted by molar-refractivity contribution is 5.36. The second kappa shape index (κ2) is 5.41. The van der Waals surface area contributed by atoms with Crippen molar-refractivity contribution in [2.45, 2.75) is 18.8 Å². The molecule has 1 N–H and O–H groups in total. The van der Waals surface area contributed by atoms with Crippen LogP contribution in [0.3, 0.4) is 0 Å². The number of nitrogens with one attached hydrogen (secondary N) is 1. The number of ether oxygens (including phenoxy) is 1. The second-order valence-electron chi connectivity index (χ2n) is 4.24. The predicted octanol–water partition coefficient (Wildman–Crippen LogP) is 2.09. The number of fused-ring (bicyclic) bond motifs is 1. The summed E-state index contributed by atoms with van der Waals surface area (Å²) in [5.74, 6) is 0.416. The molecule has 1 aliphatic rings. The Kier molecular flexibility index (Phi) is 3.91. The zero-order valence-electron chi connectivity index (χ0n) is 9.63. The summed E-state index contributed by atoms with van der Waals surface area (Å²) in [5.41, 5.74) is 2.10. The van der Waals surface area contributed by atoms with Gasteiger partial charge >= 0.3 is 0 Å². The van der Waals surface area contributed by atoms with E-state index in [2.05, 4.69) is 5.32 Å². The quantitative estimate of drug-likeness (QED) is 0.772. The zero-order valence-corrected chi connectivity index (χ0v) is 9.63. The van der Waals surface area contributed by atoms with Gasteiger partial charge in [0.15, 0.2) is 0 Å². The topological polar surface area (TPSA) is 21.3 Å². The first-order valence-corrected chi connectivity index (χ1v) is 5.80. The molecule has 1 aromatic carbocycles. The Labute approximate surface area is 95.8 Å². The SMILES string of the molecule is COCCNCC1CCc2c(F)cccc21. The van der Waals surface area contributed by atoms with E-state index in [0.29, 0.717) is 5.92 Å². The number of methoxy groups -OCH3 is 1. The molecule has 0 heterocycles. The molecule has 1 atom stereocenters. The van der Waals surface area contributed by atoms with Crippen molar-refractivity contribution in [1.29, 1.82) is 0 Å². The summed E-state index contributed by atoms with van der Waals surface area (Å²) in [5, 5.41) is 3.34. The van der Waals surface area contributed by atoms with Gasteiger partial charge < -0.3 is 10.1 Å². The fraction of sp³-hybridized carbons (Fsp3) is 0.538. The minimum Gasteiger partial charge on any atom is -0.383 e. The number of benzene rings is 1. The smallest absolute Gasteiger partial charge is 0.126 e. The van der Waals surface area contributed by atoms with Crippen LogP contribution in [0.5, 0.6) is 0 Å². The van der Waals surface area contributed by atoms with Gasteiger partial charge in [-0.3, -0.25) is 0 Å². The highest BCUT2D eigenvalue weighted by Gasteiger charge is 2.24. The Bertz CT molecular complexity index is 354. The fourth-order valence-electron chi connectivity index (χ4n) is 2.36. The van der Waals surface area contributed by atoms with Gasteiger partial charge in [-0.25, -0.2) is 4.39 Å². The van der Waals surface area contributed by atoms with Crippen LogP contribution < -0.4 is 5.32 Å². The van der Waals surface area contributed by atoms with Gasteiger partial charge in [-0.15, -0.1) is 0 Å². The van der Waals surface area contributed by atoms with Gasteiger partial charge in [0.1, 0.15) is 5.82 Å². The minimum atomic E-state index is -0.0445. The molecule has 0 aromatic heterocycles. The standard InChI is InChI=1S/C13H18FNO/c1-16-8-7-15-9-10-5-6-12-11(10)3-2-4-13(12)14/h2-4,10,15H,5-9H2,1H3. The first-order chi connectivity index (χ1) is 7.83. The van der Waals surface area contributed by atoms with Crippen molar-refractivity contribution in [1.82, 2.24) is 5.32 Å². The van der Waals surface area contributed by atoms with E-state index < -0.39 is 0 Å². The summed E-state index contributed by atoms with van der Waals surface area (Å²) >= 11 is 0. The van der Waals surface area contributed by atoms with Gasteiger partial charge in [-0.05, 0) is 36.0 Å². The third-order valence-corrected chi connectivity index (χ3v) is 3.21. The van der Waals surface area contributed by atoms with E-state index in [1.54, 1.807) is 13.2 Å². The second-order valence-corrected chi connectivity index (χ2v) is 4.24. The van der Waals surface area contributed by atoms with Crippen LogP contribution in [-0.4, -0.2) is 26.8 Å². The van der Waals surface area contributed by atoms with Crippen LogP contribution in [0, 0.1) is 5.82 Å². The Morgan fingerprint density at radius 1 is 1.50 bits per heavy atom. The summed E-state index contributed by atoms with van der Waals surface area (Å²) < 4.78 is 18.4. The van der Waals surface area contributed by atoms with Gasteiger partial charge in [-0.2, -0.15) is 0 Å². The van der Waals surface area contributed by atoms with Crippen molar-refractivity contribution in [3.63, 3.8) is 0 Å². The molecule has 0 saturated heterocycles. The van der Waals surface area contributed by atoms with Crippen molar-refractivity contribution in [2.24, 2.45) is 0 Å². The lowest BCUT2D eigenvalue weighted by molar-refractivity contribution is 0.199. The molecule has 2 nitrogen and oxygen atoms in total. The Morgan fingerprint density at radius 3 is 3.19 bits per heavy atom. The molecule has 1 unspecified atom stereocenters. The molecule has 0 bridgehead atoms. The molecule has 2 rings (SSSR count). The summed E-state index contributed by atoms with van der Waals surface area (Å²) in [6.45, 7) is 2.50. The maximum absolute atomic E-state index is 13.5. The summed E-state index contributed by atoms with van der Waals surface area (Å²) in [6.07, 6.45) is 1.93. The Hall–Kier alpha value is -0.930. The van der Waals surface area contributed by atoms with Gasteiger partial charge in [0.05, 0.1) is 6.61 Å². The van der Waals surface area contributed by atoms with E-state index in [0.717, 1.165) is 38.1 Å². The molecule has 0 radical (unpaired) electrons. The lowest BCUT2D eigenvalue weighted by atomic mass is 10.0. The molecular formula is C13H18FNO. The van der Waals surface area contributed by atoms with Crippen molar-refractivity contribution >= 4 is 0 Å². The third kappa shape index (κ3) is 2.42. The van der Waals surface area contributed by atoms with Gasteiger partial charge in [0, 0.05) is 20.2 Å². The van der Waals surface area contributed by atoms with Gasteiger partial charge in [0.25, 0.3) is 0 Å². The van der Waals surface area contributed by atoms with E-state index in [-0.39, 0.29) is 5.82 Å². The Balaban J connectivity index is 1.93. The maximum atomic E-state index is 13.5. The van der Waals surface area contributed by atoms with Crippen molar-refractivity contribution in [2.75, 3.05) is 26.8 Å². The summed E-state index contributed by atoms with van der Waals surface area (Å²) in [7, 11) is 1.70. The average molecular weight is 223 g/mol. The largest absolute Gasteiger partial charge is 0.383 e. The maximum Gasteiger partial charge on any atom is 0.126 e. The monoisotopic (exact) mass is 223 g/mol. The molecule has 0 saturated carbocycles. The van der Waals surface area contributed by atoms with Crippen LogP contribution in [0.1, 0.15) is 23.5 Å². The molecule has 0 amide bonds. The van der Waals surface area contributed by atoms with E-state index in [4.69, 9.17) is 4.74 Å². The normalized spacial score (nSPS) is 18.8. The van der Waals surface area contributed by atoms with Crippen molar-refractivity contribution in [3.8, 4) is 0 Å². The summed E-state index contributed by atoms with van der Waals surface area (Å²) in [4.78, 5) is 0. The van der Waals surface area contributed by atoms with Crippen molar-refractivity contribution in [3.05, 3.63) is 35.1 Å². The van der Waals surface area contributed by atoms with Crippen LogP contribution in [0.2, 0.25) is 0 Å². The lowest BCUT2D eigenvalue weighted by Crippen LogP contribution is -2.24. The highest BCUT2D eigenvalue weighted by atomic mass is 19.1. The van der Waals surface area contributed by atoms with E-state index in [9.17, 15) is 4.39 Å². The first-order valence-electron chi connectivity index (χ1n) is 5.80. The van der Waals surface area contributed by atoms with E-state index >= 15 is 0 Å². The molecule has 16 heavy (non-hydrogen) atoms. The number of rotatable bonds is 5. The van der Waals surface area contributed by atoms with Gasteiger partial charge in [-0.1, -0.05) is 12.1 Å². The third-order valence-electron chi connectivity index (χ3n) is 3.21. The van der Waals surface area contributed by atoms with E-state index in [1.165, 1.54) is 5.56 Å². The van der Waals surface area contributed by atoms with Crippen LogP contribution in [0.25, 0.3) is 0 Å². The minimum absolute atomic E-state index is 0.0445. The highest BCUT2D eigenvalue weighted by Crippen LogP contribution is 2.33. The van der Waals surface area contributed by atoms with Gasteiger partial charge in [0.2, 0.25) is 0 Å². The van der Waals surface area contributed by atoms with Crippen LogP contribution in [0.15, 0.2) is 18.2 Å². The van der Waals surface area contributed by atoms with E-state index in [1.807, 2.05) is 12.1 Å². The number of hydrogen-bond acceptors (Lipinski definition) is 2. The van der Waals surface area contributed by atoms with Crippen LogP contribution in [-0.2, 0) is 11.2 Å². The molecule has 0 spiro atoms. The molecule has 0 aliphatic heterocycles. The number of halogens is 1. The first kappa shape index (κ1) is 11.6. The average Bonchev–Trinajstić information content (AvgIpc) is 2.70. The van der Waals surface area contributed by atoms with Crippen molar-refractivity contribution < 1.29 is 9.13 Å². The molecule has 3 heteroatoms. The van der Waals surface area contributed by atoms with Crippen LogP contribution >= 0.6 is 0 Å². The zero-order chi connectivity index (χ0) is 11.4. The molecule has 88 valence electrons. The molecule has 1 aliphatic carbocycles. The predicted molar refractivity (Wildman–Crippen MR) is 62.2 cm³/mol. The Morgan fingerprint density at radius 2 is 2.38 bits per heavy atom. The molecular weight excluding hydrogens is 205 g/mol. The van der Waals surface area contributed by atoms with Crippen LogP contribution in [0.4, 0.5) is 4.39 Å². The molecule has 0 fully saturated rings. The lowest BCUT2D eigenvalue weighted by Gasteiger charge is -2.12.